The number of hydrogen-bond acceptors (Lipinski definition) is 3. The highest BCUT2D eigenvalue weighted by molar-refractivity contribution is 6.05. The molecule has 1 aromatic carbocycles. The Morgan fingerprint density at radius 3 is 2.60 bits per heavy atom. The van der Waals surface area contributed by atoms with Crippen molar-refractivity contribution in [1.82, 2.24) is 4.90 Å². The van der Waals surface area contributed by atoms with Crippen LogP contribution in [0, 0.1) is 12.3 Å². The SMILES string of the molecule is C#CCN(C(C)=O)c1cccc(C(=O)C=CN(C)C)c1. The number of rotatable bonds is 5. The monoisotopic (exact) mass is 270 g/mol. The smallest absolute Gasteiger partial charge is 0.224 e. The van der Waals surface area contributed by atoms with Gasteiger partial charge in [-0.25, -0.2) is 0 Å². The van der Waals surface area contributed by atoms with Crippen molar-refractivity contribution in [2.75, 3.05) is 25.5 Å². The van der Waals surface area contributed by atoms with Crippen LogP contribution < -0.4 is 4.90 Å². The molecule has 0 fully saturated rings. The maximum absolute atomic E-state index is 12.0. The summed E-state index contributed by atoms with van der Waals surface area (Å²) in [5.41, 5.74) is 1.14. The first-order chi connectivity index (χ1) is 9.45. The first-order valence-corrected chi connectivity index (χ1v) is 6.16. The second-order valence-corrected chi connectivity index (χ2v) is 4.50. The Morgan fingerprint density at radius 2 is 2.05 bits per heavy atom. The van der Waals surface area contributed by atoms with E-state index in [0.717, 1.165) is 0 Å². The Labute approximate surface area is 119 Å². The van der Waals surface area contributed by atoms with Crippen molar-refractivity contribution in [3.8, 4) is 12.3 Å². The highest BCUT2D eigenvalue weighted by Gasteiger charge is 2.11. The van der Waals surface area contributed by atoms with Gasteiger partial charge < -0.3 is 9.80 Å². The summed E-state index contributed by atoms with van der Waals surface area (Å²) in [6.07, 6.45) is 8.42. The van der Waals surface area contributed by atoms with E-state index in [0.29, 0.717) is 11.3 Å². The molecule has 0 N–H and O–H groups in total. The molecule has 0 radical (unpaired) electrons. The van der Waals surface area contributed by atoms with Crippen molar-refractivity contribution in [1.29, 1.82) is 0 Å². The normalized spacial score (nSPS) is 10.1. The van der Waals surface area contributed by atoms with Crippen molar-refractivity contribution in [2.45, 2.75) is 6.92 Å². The molecule has 0 bridgehead atoms. The molecule has 0 heterocycles. The minimum absolute atomic E-state index is 0.121. The van der Waals surface area contributed by atoms with Crippen LogP contribution in [0.2, 0.25) is 0 Å². The van der Waals surface area contributed by atoms with Gasteiger partial charge in [-0.15, -0.1) is 6.42 Å². The van der Waals surface area contributed by atoms with Gasteiger partial charge in [0.2, 0.25) is 5.91 Å². The molecule has 0 aliphatic heterocycles. The van der Waals surface area contributed by atoms with E-state index in [2.05, 4.69) is 5.92 Å². The third kappa shape index (κ3) is 4.29. The molecule has 1 aromatic rings. The first kappa shape index (κ1) is 15.5. The molecular weight excluding hydrogens is 252 g/mol. The summed E-state index contributed by atoms with van der Waals surface area (Å²) >= 11 is 0. The number of allylic oxidation sites excluding steroid dienone is 1. The topological polar surface area (TPSA) is 40.6 Å². The third-order valence-corrected chi connectivity index (χ3v) is 2.60. The minimum Gasteiger partial charge on any atom is -0.383 e. The van der Waals surface area contributed by atoms with Crippen LogP contribution in [0.1, 0.15) is 17.3 Å². The lowest BCUT2D eigenvalue weighted by atomic mass is 10.1. The number of carbonyl (C=O) groups is 2. The van der Waals surface area contributed by atoms with E-state index in [9.17, 15) is 9.59 Å². The maximum Gasteiger partial charge on any atom is 0.224 e. The molecule has 0 aromatic heterocycles. The lowest BCUT2D eigenvalue weighted by Crippen LogP contribution is -2.28. The number of amides is 1. The van der Waals surface area contributed by atoms with Crippen LogP contribution in [0.15, 0.2) is 36.5 Å². The van der Waals surface area contributed by atoms with Gasteiger partial charge in [0.1, 0.15) is 0 Å². The third-order valence-electron chi connectivity index (χ3n) is 2.60. The van der Waals surface area contributed by atoms with Gasteiger partial charge in [0, 0.05) is 44.5 Å². The number of benzene rings is 1. The van der Waals surface area contributed by atoms with Gasteiger partial charge in [0.15, 0.2) is 5.78 Å². The Balaban J connectivity index is 3.04. The average molecular weight is 270 g/mol. The van der Waals surface area contributed by atoms with Gasteiger partial charge in [0.05, 0.1) is 6.54 Å². The summed E-state index contributed by atoms with van der Waals surface area (Å²) in [7, 11) is 3.68. The summed E-state index contributed by atoms with van der Waals surface area (Å²) in [6, 6.07) is 6.87. The predicted molar refractivity (Wildman–Crippen MR) is 80.5 cm³/mol. The maximum atomic E-state index is 12.0. The van der Waals surface area contributed by atoms with Crippen LogP contribution in [0.3, 0.4) is 0 Å². The standard InChI is InChI=1S/C16H18N2O2/c1-5-10-18(13(2)19)15-8-6-7-14(12-15)16(20)9-11-17(3)4/h1,6-9,11-12H,10H2,2-4H3. The zero-order valence-corrected chi connectivity index (χ0v) is 12.0. The van der Waals surface area contributed by atoms with Crippen LogP contribution in [-0.2, 0) is 4.79 Å². The molecule has 0 spiro atoms. The highest BCUT2D eigenvalue weighted by Crippen LogP contribution is 2.17. The number of nitrogens with zero attached hydrogens (tertiary/aromatic N) is 2. The van der Waals surface area contributed by atoms with Gasteiger partial charge in [-0.2, -0.15) is 0 Å². The lowest BCUT2D eigenvalue weighted by Gasteiger charge is -2.18. The Bertz CT molecular complexity index is 568. The summed E-state index contributed by atoms with van der Waals surface area (Å²) in [4.78, 5) is 26.8. The molecule has 0 saturated carbocycles. The van der Waals surface area contributed by atoms with Gasteiger partial charge in [-0.3, -0.25) is 9.59 Å². The van der Waals surface area contributed by atoms with E-state index >= 15 is 0 Å². The quantitative estimate of drug-likeness (QED) is 0.466. The second-order valence-electron chi connectivity index (χ2n) is 4.50. The van der Waals surface area contributed by atoms with Crippen molar-refractivity contribution >= 4 is 17.4 Å². The van der Waals surface area contributed by atoms with Crippen LogP contribution >= 0.6 is 0 Å². The summed E-state index contributed by atoms with van der Waals surface area (Å²) < 4.78 is 0. The Hall–Kier alpha value is -2.54. The van der Waals surface area contributed by atoms with E-state index in [1.54, 1.807) is 35.4 Å². The number of terminal acetylenes is 1. The minimum atomic E-state index is -0.156. The fourth-order valence-corrected chi connectivity index (χ4v) is 1.62. The van der Waals surface area contributed by atoms with Gasteiger partial charge >= 0.3 is 0 Å². The van der Waals surface area contributed by atoms with Crippen LogP contribution in [0.4, 0.5) is 5.69 Å². The molecule has 1 rings (SSSR count). The van der Waals surface area contributed by atoms with Crippen molar-refractivity contribution in [3.05, 3.63) is 42.1 Å². The largest absolute Gasteiger partial charge is 0.383 e. The molecule has 0 aliphatic rings. The molecule has 4 nitrogen and oxygen atoms in total. The van der Waals surface area contributed by atoms with E-state index in [-0.39, 0.29) is 18.2 Å². The fraction of sp³-hybridized carbons (Fsp3) is 0.250. The van der Waals surface area contributed by atoms with Gasteiger partial charge in [-0.05, 0) is 12.1 Å². The second kappa shape index (κ2) is 7.15. The van der Waals surface area contributed by atoms with Crippen molar-refractivity contribution < 1.29 is 9.59 Å². The lowest BCUT2D eigenvalue weighted by molar-refractivity contribution is -0.116. The summed E-state index contributed by atoms with van der Waals surface area (Å²) in [5, 5.41) is 0. The van der Waals surface area contributed by atoms with E-state index in [1.165, 1.54) is 17.9 Å². The number of carbonyl (C=O) groups excluding carboxylic acids is 2. The molecule has 20 heavy (non-hydrogen) atoms. The van der Waals surface area contributed by atoms with E-state index in [4.69, 9.17) is 6.42 Å². The summed E-state index contributed by atoms with van der Waals surface area (Å²) in [6.45, 7) is 1.62. The van der Waals surface area contributed by atoms with E-state index < -0.39 is 0 Å². The number of anilines is 1. The number of hydrogen-bond donors (Lipinski definition) is 0. The fourth-order valence-electron chi connectivity index (χ4n) is 1.62. The molecule has 0 saturated heterocycles. The molecule has 4 heteroatoms. The predicted octanol–water partition coefficient (Wildman–Crippen LogP) is 1.93. The van der Waals surface area contributed by atoms with Crippen LogP contribution in [0.5, 0.6) is 0 Å². The Morgan fingerprint density at radius 1 is 1.35 bits per heavy atom. The highest BCUT2D eigenvalue weighted by atomic mass is 16.2. The molecule has 0 aliphatic carbocycles. The van der Waals surface area contributed by atoms with Gasteiger partial charge in [-0.1, -0.05) is 18.1 Å². The summed E-state index contributed by atoms with van der Waals surface area (Å²) in [5.74, 6) is 2.16. The van der Waals surface area contributed by atoms with Gasteiger partial charge in [0.25, 0.3) is 0 Å². The average Bonchev–Trinajstić information content (AvgIpc) is 2.41. The van der Waals surface area contributed by atoms with Crippen molar-refractivity contribution in [2.24, 2.45) is 0 Å². The zero-order chi connectivity index (χ0) is 15.1. The van der Waals surface area contributed by atoms with Crippen LogP contribution in [-0.4, -0.2) is 37.2 Å². The van der Waals surface area contributed by atoms with Crippen LogP contribution in [0.25, 0.3) is 0 Å². The van der Waals surface area contributed by atoms with Crippen molar-refractivity contribution in [3.63, 3.8) is 0 Å². The molecular formula is C16H18N2O2. The number of ketones is 1. The first-order valence-electron chi connectivity index (χ1n) is 6.16. The van der Waals surface area contributed by atoms with E-state index in [1.807, 2.05) is 14.1 Å². The zero-order valence-electron chi connectivity index (χ0n) is 12.0. The molecule has 0 unspecified atom stereocenters. The molecule has 104 valence electrons. The Kier molecular flexibility index (Phi) is 5.55. The molecule has 0 atom stereocenters. The molecule has 1 amide bonds.